The molecule has 1 rings (SSSR count). The normalized spacial score (nSPS) is 26.7. The predicted molar refractivity (Wildman–Crippen MR) is 69.8 cm³/mol. The number of rotatable bonds is 5. The van der Waals surface area contributed by atoms with Crippen LogP contribution in [0, 0.1) is 0 Å². The van der Waals surface area contributed by atoms with E-state index in [4.69, 9.17) is 0 Å². The molecule has 0 aromatic carbocycles. The molecule has 0 saturated heterocycles. The molecule has 1 aliphatic rings. The molecule has 0 aromatic heterocycles. The Bertz CT molecular complexity index is 327. The van der Waals surface area contributed by atoms with Gasteiger partial charge in [0.05, 0.1) is 17.1 Å². The van der Waals surface area contributed by atoms with Crippen molar-refractivity contribution in [2.45, 2.75) is 56.9 Å². The lowest BCUT2D eigenvalue weighted by molar-refractivity contribution is 0.0349. The van der Waals surface area contributed by atoms with E-state index in [9.17, 15) is 13.5 Å². The van der Waals surface area contributed by atoms with Gasteiger partial charge in [0, 0.05) is 12.6 Å². The molecule has 0 amide bonds. The summed E-state index contributed by atoms with van der Waals surface area (Å²) < 4.78 is 23.4. The van der Waals surface area contributed by atoms with Gasteiger partial charge in [0.25, 0.3) is 0 Å². The predicted octanol–water partition coefficient (Wildman–Crippen LogP) is 1.04. The first kappa shape index (κ1) is 14.9. The monoisotopic (exact) mass is 263 g/mol. The highest BCUT2D eigenvalue weighted by molar-refractivity contribution is 7.92. The highest BCUT2D eigenvalue weighted by atomic mass is 32.2. The second kappa shape index (κ2) is 6.16. The van der Waals surface area contributed by atoms with Gasteiger partial charge in [-0.3, -0.25) is 4.90 Å². The Hall–Kier alpha value is -0.130. The zero-order chi connectivity index (χ0) is 13.1. The summed E-state index contributed by atoms with van der Waals surface area (Å²) in [6.45, 7) is 3.94. The van der Waals surface area contributed by atoms with E-state index in [2.05, 4.69) is 0 Å². The number of hydrogen-bond donors (Lipinski definition) is 1. The van der Waals surface area contributed by atoms with Gasteiger partial charge in [0.2, 0.25) is 0 Å². The van der Waals surface area contributed by atoms with Crippen LogP contribution in [0.2, 0.25) is 0 Å². The number of aliphatic hydroxyl groups is 1. The smallest absolute Gasteiger partial charge is 0.153 e. The van der Waals surface area contributed by atoms with Gasteiger partial charge >= 0.3 is 0 Å². The Kier molecular flexibility index (Phi) is 5.41. The SMILES string of the molecule is CC(C)S(=O)(=O)CCN(C)C1CCCCC1O. The van der Waals surface area contributed by atoms with Gasteiger partial charge in [-0.25, -0.2) is 8.42 Å². The minimum absolute atomic E-state index is 0.131. The molecule has 0 bridgehead atoms. The third-order valence-electron chi connectivity index (χ3n) is 3.71. The molecule has 5 heteroatoms. The summed E-state index contributed by atoms with van der Waals surface area (Å²) in [4.78, 5) is 2.00. The average molecular weight is 263 g/mol. The largest absolute Gasteiger partial charge is 0.391 e. The second-order valence-electron chi connectivity index (χ2n) is 5.32. The Balaban J connectivity index is 2.46. The molecular weight excluding hydrogens is 238 g/mol. The lowest BCUT2D eigenvalue weighted by atomic mass is 9.92. The van der Waals surface area contributed by atoms with E-state index >= 15 is 0 Å². The Labute approximate surface area is 105 Å². The Morgan fingerprint density at radius 3 is 2.41 bits per heavy atom. The molecule has 1 N–H and O–H groups in total. The molecule has 102 valence electrons. The molecule has 2 atom stereocenters. The van der Waals surface area contributed by atoms with Crippen molar-refractivity contribution in [3.63, 3.8) is 0 Å². The Morgan fingerprint density at radius 2 is 1.88 bits per heavy atom. The first-order valence-electron chi connectivity index (χ1n) is 6.44. The van der Waals surface area contributed by atoms with E-state index in [-0.39, 0.29) is 23.1 Å². The van der Waals surface area contributed by atoms with Crippen LogP contribution in [0.25, 0.3) is 0 Å². The summed E-state index contributed by atoms with van der Waals surface area (Å²) >= 11 is 0. The average Bonchev–Trinajstić information content (AvgIpc) is 2.26. The van der Waals surface area contributed by atoms with Crippen molar-refractivity contribution >= 4 is 9.84 Å². The van der Waals surface area contributed by atoms with Crippen LogP contribution in [0.5, 0.6) is 0 Å². The van der Waals surface area contributed by atoms with Crippen LogP contribution in [0.1, 0.15) is 39.5 Å². The lowest BCUT2D eigenvalue weighted by Gasteiger charge is -2.35. The van der Waals surface area contributed by atoms with E-state index in [1.165, 1.54) is 0 Å². The molecule has 0 radical (unpaired) electrons. The molecule has 0 heterocycles. The van der Waals surface area contributed by atoms with E-state index in [1.807, 2.05) is 11.9 Å². The molecule has 0 spiro atoms. The van der Waals surface area contributed by atoms with E-state index in [0.717, 1.165) is 25.7 Å². The van der Waals surface area contributed by atoms with Crippen molar-refractivity contribution in [2.24, 2.45) is 0 Å². The van der Waals surface area contributed by atoms with E-state index in [0.29, 0.717) is 6.54 Å². The minimum Gasteiger partial charge on any atom is -0.391 e. The first-order valence-corrected chi connectivity index (χ1v) is 8.16. The van der Waals surface area contributed by atoms with Crippen LogP contribution in [-0.4, -0.2) is 55.2 Å². The van der Waals surface area contributed by atoms with Crippen molar-refractivity contribution in [1.82, 2.24) is 4.90 Å². The van der Waals surface area contributed by atoms with Gasteiger partial charge < -0.3 is 5.11 Å². The second-order valence-corrected chi connectivity index (χ2v) is 7.99. The fourth-order valence-corrected chi connectivity index (χ4v) is 3.29. The van der Waals surface area contributed by atoms with Crippen LogP contribution < -0.4 is 0 Å². The summed E-state index contributed by atoms with van der Waals surface area (Å²) in [5, 5.41) is 9.57. The van der Waals surface area contributed by atoms with Crippen molar-refractivity contribution in [3.8, 4) is 0 Å². The van der Waals surface area contributed by atoms with Gasteiger partial charge in [-0.05, 0) is 33.7 Å². The first-order chi connectivity index (χ1) is 7.84. The molecule has 0 aliphatic heterocycles. The topological polar surface area (TPSA) is 57.6 Å². The van der Waals surface area contributed by atoms with Crippen LogP contribution in [-0.2, 0) is 9.84 Å². The highest BCUT2D eigenvalue weighted by Crippen LogP contribution is 2.22. The zero-order valence-corrected chi connectivity index (χ0v) is 11.9. The molecule has 17 heavy (non-hydrogen) atoms. The summed E-state index contributed by atoms with van der Waals surface area (Å²) in [7, 11) is -1.06. The van der Waals surface area contributed by atoms with Gasteiger partial charge in [-0.2, -0.15) is 0 Å². The molecule has 0 aromatic rings. The van der Waals surface area contributed by atoms with Gasteiger partial charge in [-0.1, -0.05) is 12.8 Å². The molecule has 2 unspecified atom stereocenters. The van der Waals surface area contributed by atoms with Crippen molar-refractivity contribution in [3.05, 3.63) is 0 Å². The fraction of sp³-hybridized carbons (Fsp3) is 1.00. The molecule has 1 aliphatic carbocycles. The maximum absolute atomic E-state index is 11.7. The summed E-state index contributed by atoms with van der Waals surface area (Å²) in [5.74, 6) is 0.185. The lowest BCUT2D eigenvalue weighted by Crippen LogP contribution is -2.45. The number of hydrogen-bond acceptors (Lipinski definition) is 4. The van der Waals surface area contributed by atoms with Crippen molar-refractivity contribution in [2.75, 3.05) is 19.3 Å². The fourth-order valence-electron chi connectivity index (χ4n) is 2.28. The van der Waals surface area contributed by atoms with E-state index in [1.54, 1.807) is 13.8 Å². The third kappa shape index (κ3) is 4.23. The maximum Gasteiger partial charge on any atom is 0.153 e. The Morgan fingerprint density at radius 1 is 1.29 bits per heavy atom. The number of likely N-dealkylation sites (N-methyl/N-ethyl adjacent to an activating group) is 1. The molecule has 4 nitrogen and oxygen atoms in total. The van der Waals surface area contributed by atoms with Gasteiger partial charge in [0.1, 0.15) is 0 Å². The molecule has 1 fully saturated rings. The standard InChI is InChI=1S/C12H25NO3S/c1-10(2)17(15,16)9-8-13(3)11-6-4-5-7-12(11)14/h10-12,14H,4-9H2,1-3H3. The zero-order valence-electron chi connectivity index (χ0n) is 11.1. The highest BCUT2D eigenvalue weighted by Gasteiger charge is 2.27. The summed E-state index contributed by atoms with van der Waals surface area (Å²) in [6, 6.07) is 0.131. The van der Waals surface area contributed by atoms with Crippen LogP contribution >= 0.6 is 0 Å². The molecular formula is C12H25NO3S. The molecule has 1 saturated carbocycles. The van der Waals surface area contributed by atoms with Gasteiger partial charge in [0.15, 0.2) is 9.84 Å². The van der Waals surface area contributed by atoms with Gasteiger partial charge in [-0.15, -0.1) is 0 Å². The number of aliphatic hydroxyl groups excluding tert-OH is 1. The van der Waals surface area contributed by atoms with Crippen molar-refractivity contribution < 1.29 is 13.5 Å². The third-order valence-corrected chi connectivity index (χ3v) is 5.89. The quantitative estimate of drug-likeness (QED) is 0.805. The van der Waals surface area contributed by atoms with Crippen LogP contribution in [0.4, 0.5) is 0 Å². The number of nitrogens with zero attached hydrogens (tertiary/aromatic N) is 1. The minimum atomic E-state index is -2.97. The van der Waals surface area contributed by atoms with Crippen molar-refractivity contribution in [1.29, 1.82) is 0 Å². The number of sulfone groups is 1. The van der Waals surface area contributed by atoms with E-state index < -0.39 is 9.84 Å². The van der Waals surface area contributed by atoms with Crippen LogP contribution in [0.3, 0.4) is 0 Å². The summed E-state index contributed by atoms with van der Waals surface area (Å²) in [5.41, 5.74) is 0. The van der Waals surface area contributed by atoms with Crippen LogP contribution in [0.15, 0.2) is 0 Å². The maximum atomic E-state index is 11.7. The summed E-state index contributed by atoms with van der Waals surface area (Å²) in [6.07, 6.45) is 3.72.